The topological polar surface area (TPSA) is 46.5 Å². The number of methoxy groups -OCH3 is 1. The van der Waals surface area contributed by atoms with E-state index in [9.17, 15) is 4.79 Å². The van der Waals surface area contributed by atoms with Crippen molar-refractivity contribution in [3.8, 4) is 0 Å². The molecule has 2 saturated carbocycles. The van der Waals surface area contributed by atoms with E-state index in [4.69, 9.17) is 9.84 Å². The smallest absolute Gasteiger partial charge is 0.333 e. The van der Waals surface area contributed by atoms with E-state index >= 15 is 0 Å². The van der Waals surface area contributed by atoms with Crippen molar-refractivity contribution in [2.45, 2.75) is 38.7 Å². The molecular formula is C10H16O3. The lowest BCUT2D eigenvalue weighted by Gasteiger charge is -2.28. The average molecular weight is 184 g/mol. The van der Waals surface area contributed by atoms with Gasteiger partial charge >= 0.3 is 5.97 Å². The van der Waals surface area contributed by atoms with Gasteiger partial charge in [0, 0.05) is 12.5 Å². The molecule has 1 N–H and O–H groups in total. The van der Waals surface area contributed by atoms with E-state index in [1.165, 1.54) is 20.0 Å². The molecule has 3 nitrogen and oxygen atoms in total. The molecule has 0 aliphatic heterocycles. The monoisotopic (exact) mass is 184 g/mol. The van der Waals surface area contributed by atoms with E-state index in [0.29, 0.717) is 0 Å². The van der Waals surface area contributed by atoms with Gasteiger partial charge in [0.05, 0.1) is 0 Å². The van der Waals surface area contributed by atoms with Gasteiger partial charge in [-0.2, -0.15) is 0 Å². The largest absolute Gasteiger partial charge is 0.479 e. The fraction of sp³-hybridized carbons (Fsp3) is 0.900. The lowest BCUT2D eigenvalue weighted by Crippen LogP contribution is -2.37. The van der Waals surface area contributed by atoms with Crippen molar-refractivity contribution in [3.05, 3.63) is 0 Å². The Labute approximate surface area is 78.1 Å². The first-order valence-electron chi connectivity index (χ1n) is 4.81. The van der Waals surface area contributed by atoms with Crippen molar-refractivity contribution in [1.29, 1.82) is 0 Å². The Morgan fingerprint density at radius 1 is 1.38 bits per heavy atom. The van der Waals surface area contributed by atoms with Crippen LogP contribution in [0.4, 0.5) is 0 Å². The minimum absolute atomic E-state index is 0.0341. The van der Waals surface area contributed by atoms with Crippen molar-refractivity contribution in [2.24, 2.45) is 10.8 Å². The first-order chi connectivity index (χ1) is 6.06. The average Bonchev–Trinajstić information content (AvgIpc) is 2.87. The normalized spacial score (nSPS) is 29.4. The second-order valence-corrected chi connectivity index (χ2v) is 4.67. The predicted octanol–water partition coefficient (Wildman–Crippen LogP) is 1.67. The molecule has 74 valence electrons. The van der Waals surface area contributed by atoms with Gasteiger partial charge in [-0.1, -0.05) is 6.92 Å². The van der Waals surface area contributed by atoms with Crippen LogP contribution < -0.4 is 0 Å². The third-order valence-corrected chi connectivity index (χ3v) is 3.95. The summed E-state index contributed by atoms with van der Waals surface area (Å²) < 4.78 is 5.11. The predicted molar refractivity (Wildman–Crippen MR) is 47.4 cm³/mol. The molecule has 1 atom stereocenters. The molecule has 0 aromatic carbocycles. The number of carbonyl (C=O) groups is 1. The van der Waals surface area contributed by atoms with Crippen LogP contribution in [-0.2, 0) is 9.53 Å². The number of aliphatic carboxylic acids is 1. The summed E-state index contributed by atoms with van der Waals surface area (Å²) in [4.78, 5) is 11.0. The molecule has 3 heteroatoms. The molecule has 2 aliphatic rings. The van der Waals surface area contributed by atoms with Gasteiger partial charge in [0.15, 0.2) is 6.10 Å². The van der Waals surface area contributed by atoms with E-state index in [1.54, 1.807) is 0 Å². The van der Waals surface area contributed by atoms with Crippen LogP contribution in [0.1, 0.15) is 32.6 Å². The standard InChI is InChI=1S/C10H16O3/c1-9(3-4-9)10(5-6-10)7(13-2)8(11)12/h7H,3-6H2,1-2H3,(H,11,12). The van der Waals surface area contributed by atoms with Crippen molar-refractivity contribution in [3.63, 3.8) is 0 Å². The number of carboxylic acid groups (broad SMARTS) is 1. The van der Waals surface area contributed by atoms with Crippen LogP contribution in [0.3, 0.4) is 0 Å². The summed E-state index contributed by atoms with van der Waals surface area (Å²) >= 11 is 0. The van der Waals surface area contributed by atoms with Crippen molar-refractivity contribution < 1.29 is 14.6 Å². The molecule has 0 spiro atoms. The summed E-state index contributed by atoms with van der Waals surface area (Å²) in [5.41, 5.74) is 0.222. The molecule has 2 fully saturated rings. The quantitative estimate of drug-likeness (QED) is 0.722. The SMILES string of the molecule is COC(C(=O)O)C1(C2(C)CC2)CC1. The maximum absolute atomic E-state index is 11.0. The maximum atomic E-state index is 11.0. The van der Waals surface area contributed by atoms with Crippen LogP contribution in [0.2, 0.25) is 0 Å². The van der Waals surface area contributed by atoms with Gasteiger partial charge in [0.25, 0.3) is 0 Å². The molecule has 13 heavy (non-hydrogen) atoms. The second-order valence-electron chi connectivity index (χ2n) is 4.67. The number of ether oxygens (including phenoxy) is 1. The second kappa shape index (κ2) is 2.47. The highest BCUT2D eigenvalue weighted by atomic mass is 16.5. The summed E-state index contributed by atoms with van der Waals surface area (Å²) in [7, 11) is 1.50. The summed E-state index contributed by atoms with van der Waals surface area (Å²) in [5, 5.41) is 9.01. The Morgan fingerprint density at radius 2 is 1.92 bits per heavy atom. The highest BCUT2D eigenvalue weighted by Crippen LogP contribution is 2.72. The minimum Gasteiger partial charge on any atom is -0.479 e. The first-order valence-corrected chi connectivity index (χ1v) is 4.81. The van der Waals surface area contributed by atoms with E-state index in [1.807, 2.05) is 0 Å². The molecular weight excluding hydrogens is 168 g/mol. The fourth-order valence-corrected chi connectivity index (χ4v) is 2.57. The Kier molecular flexibility index (Phi) is 1.71. The van der Waals surface area contributed by atoms with Crippen molar-refractivity contribution in [1.82, 2.24) is 0 Å². The zero-order valence-corrected chi connectivity index (χ0v) is 8.17. The van der Waals surface area contributed by atoms with Gasteiger partial charge in [0.1, 0.15) is 0 Å². The summed E-state index contributed by atoms with van der Waals surface area (Å²) in [5.74, 6) is -0.798. The van der Waals surface area contributed by atoms with Crippen LogP contribution in [0, 0.1) is 10.8 Å². The van der Waals surface area contributed by atoms with Crippen molar-refractivity contribution in [2.75, 3.05) is 7.11 Å². The van der Waals surface area contributed by atoms with E-state index in [-0.39, 0.29) is 10.8 Å². The van der Waals surface area contributed by atoms with Crippen LogP contribution in [0.5, 0.6) is 0 Å². The molecule has 0 heterocycles. The third kappa shape index (κ3) is 1.10. The van der Waals surface area contributed by atoms with Gasteiger partial charge in [-0.25, -0.2) is 4.79 Å². The molecule has 0 aromatic rings. The molecule has 0 saturated heterocycles. The molecule has 0 aromatic heterocycles. The Morgan fingerprint density at radius 3 is 2.15 bits per heavy atom. The number of hydrogen-bond acceptors (Lipinski definition) is 2. The Bertz CT molecular complexity index is 239. The maximum Gasteiger partial charge on any atom is 0.333 e. The number of carboxylic acids is 1. The summed E-state index contributed by atoms with van der Waals surface area (Å²) in [6.07, 6.45) is 3.79. The van der Waals surface area contributed by atoms with E-state index < -0.39 is 12.1 Å². The minimum atomic E-state index is -0.798. The lowest BCUT2D eigenvalue weighted by atomic mass is 9.82. The van der Waals surface area contributed by atoms with Gasteiger partial charge in [-0.15, -0.1) is 0 Å². The Hall–Kier alpha value is -0.570. The first kappa shape index (κ1) is 9.00. The van der Waals surface area contributed by atoms with Crippen LogP contribution in [0.15, 0.2) is 0 Å². The molecule has 0 radical (unpaired) electrons. The zero-order valence-electron chi connectivity index (χ0n) is 8.17. The third-order valence-electron chi connectivity index (χ3n) is 3.95. The van der Waals surface area contributed by atoms with E-state index in [0.717, 1.165) is 12.8 Å². The van der Waals surface area contributed by atoms with Crippen molar-refractivity contribution >= 4 is 5.97 Å². The summed E-state index contributed by atoms with van der Waals surface area (Å²) in [6, 6.07) is 0. The van der Waals surface area contributed by atoms with Gasteiger partial charge in [-0.05, 0) is 31.1 Å². The molecule has 2 aliphatic carbocycles. The summed E-state index contributed by atoms with van der Waals surface area (Å²) in [6.45, 7) is 2.19. The highest BCUT2D eigenvalue weighted by Gasteiger charge is 2.68. The molecule has 2 rings (SSSR count). The molecule has 1 unspecified atom stereocenters. The molecule has 0 bridgehead atoms. The van der Waals surface area contributed by atoms with Crippen LogP contribution in [0.25, 0.3) is 0 Å². The van der Waals surface area contributed by atoms with Gasteiger partial charge in [0.2, 0.25) is 0 Å². The Balaban J connectivity index is 2.18. The lowest BCUT2D eigenvalue weighted by molar-refractivity contribution is -0.155. The number of rotatable bonds is 4. The fourth-order valence-electron chi connectivity index (χ4n) is 2.57. The number of hydrogen-bond donors (Lipinski definition) is 1. The molecule has 0 amide bonds. The van der Waals surface area contributed by atoms with Crippen LogP contribution >= 0.6 is 0 Å². The zero-order chi connectivity index (χ0) is 9.69. The van der Waals surface area contributed by atoms with Gasteiger partial charge in [-0.3, -0.25) is 0 Å². The van der Waals surface area contributed by atoms with Gasteiger partial charge < -0.3 is 9.84 Å². The highest BCUT2D eigenvalue weighted by molar-refractivity contribution is 5.74. The van der Waals surface area contributed by atoms with E-state index in [2.05, 4.69) is 6.92 Å². The van der Waals surface area contributed by atoms with Crippen LogP contribution in [-0.4, -0.2) is 24.3 Å².